The van der Waals surface area contributed by atoms with Crippen molar-refractivity contribution < 1.29 is 12.8 Å². The van der Waals surface area contributed by atoms with Crippen molar-refractivity contribution in [3.63, 3.8) is 0 Å². The molecule has 1 unspecified atom stereocenters. The lowest BCUT2D eigenvalue weighted by Gasteiger charge is -2.17. The van der Waals surface area contributed by atoms with Crippen molar-refractivity contribution in [2.45, 2.75) is 17.9 Å². The van der Waals surface area contributed by atoms with Crippen LogP contribution >= 0.6 is 11.6 Å². The maximum atomic E-state index is 13.9. The molecule has 0 fully saturated rings. The summed E-state index contributed by atoms with van der Waals surface area (Å²) in [7, 11) is -3.92. The SMILES string of the molecule is CC(Nc1ccc(S(N)(=O)=O)cc1F)c1ccccc1Cl. The Morgan fingerprint density at radius 2 is 1.90 bits per heavy atom. The van der Waals surface area contributed by atoms with Crippen LogP contribution in [0.5, 0.6) is 0 Å². The van der Waals surface area contributed by atoms with Crippen LogP contribution in [0.4, 0.5) is 10.1 Å². The quantitative estimate of drug-likeness (QED) is 0.904. The Balaban J connectivity index is 2.27. The molecule has 0 aliphatic carbocycles. The number of rotatable bonds is 4. The first-order valence-corrected chi connectivity index (χ1v) is 8.05. The van der Waals surface area contributed by atoms with Gasteiger partial charge in [0.25, 0.3) is 0 Å². The van der Waals surface area contributed by atoms with E-state index in [0.29, 0.717) is 5.02 Å². The van der Waals surface area contributed by atoms with Gasteiger partial charge in [0.15, 0.2) is 0 Å². The Hall–Kier alpha value is -1.63. The Kier molecular flexibility index (Phi) is 4.51. The first-order valence-electron chi connectivity index (χ1n) is 6.12. The van der Waals surface area contributed by atoms with Crippen molar-refractivity contribution in [2.24, 2.45) is 5.14 Å². The molecule has 112 valence electrons. The van der Waals surface area contributed by atoms with Gasteiger partial charge in [-0.2, -0.15) is 0 Å². The third kappa shape index (κ3) is 3.72. The Labute approximate surface area is 127 Å². The van der Waals surface area contributed by atoms with Gasteiger partial charge in [-0.3, -0.25) is 0 Å². The van der Waals surface area contributed by atoms with E-state index in [4.69, 9.17) is 16.7 Å². The van der Waals surface area contributed by atoms with Gasteiger partial charge >= 0.3 is 0 Å². The fraction of sp³-hybridized carbons (Fsp3) is 0.143. The van der Waals surface area contributed by atoms with E-state index >= 15 is 0 Å². The molecule has 0 amide bonds. The zero-order chi connectivity index (χ0) is 15.6. The molecular formula is C14H14ClFN2O2S. The zero-order valence-electron chi connectivity index (χ0n) is 11.2. The summed E-state index contributed by atoms with van der Waals surface area (Å²) in [4.78, 5) is -0.268. The summed E-state index contributed by atoms with van der Waals surface area (Å²) in [5.74, 6) is -0.694. The molecule has 2 rings (SSSR count). The molecule has 0 aliphatic rings. The average Bonchev–Trinajstić information content (AvgIpc) is 2.40. The largest absolute Gasteiger partial charge is 0.376 e. The Morgan fingerprint density at radius 1 is 1.24 bits per heavy atom. The molecule has 0 aromatic heterocycles. The number of sulfonamides is 1. The van der Waals surface area contributed by atoms with Gasteiger partial charge in [-0.05, 0) is 36.8 Å². The number of primary sulfonamides is 1. The molecule has 21 heavy (non-hydrogen) atoms. The summed E-state index contributed by atoms with van der Waals surface area (Å²) in [6, 6.07) is 10.4. The highest BCUT2D eigenvalue weighted by molar-refractivity contribution is 7.89. The topological polar surface area (TPSA) is 72.2 Å². The number of nitrogens with two attached hydrogens (primary N) is 1. The molecule has 2 aromatic carbocycles. The minimum absolute atomic E-state index is 0.176. The van der Waals surface area contributed by atoms with Crippen LogP contribution in [0, 0.1) is 5.82 Å². The predicted octanol–water partition coefficient (Wildman–Crippen LogP) is 3.30. The number of hydrogen-bond acceptors (Lipinski definition) is 3. The summed E-state index contributed by atoms with van der Waals surface area (Å²) in [5.41, 5.74) is 0.990. The molecular weight excluding hydrogens is 315 g/mol. The van der Waals surface area contributed by atoms with Gasteiger partial charge in [0.2, 0.25) is 10.0 Å². The second-order valence-corrected chi connectivity index (χ2v) is 6.54. The lowest BCUT2D eigenvalue weighted by atomic mass is 10.1. The van der Waals surface area contributed by atoms with Crippen molar-refractivity contribution in [3.05, 3.63) is 58.9 Å². The van der Waals surface area contributed by atoms with Crippen molar-refractivity contribution >= 4 is 27.3 Å². The maximum absolute atomic E-state index is 13.9. The smallest absolute Gasteiger partial charge is 0.238 e. The van der Waals surface area contributed by atoms with Crippen LogP contribution in [0.3, 0.4) is 0 Å². The number of anilines is 1. The maximum Gasteiger partial charge on any atom is 0.238 e. The van der Waals surface area contributed by atoms with Gasteiger partial charge in [0.05, 0.1) is 16.6 Å². The molecule has 0 aliphatic heterocycles. The van der Waals surface area contributed by atoms with Crippen molar-refractivity contribution in [1.82, 2.24) is 0 Å². The van der Waals surface area contributed by atoms with Crippen LogP contribution in [0.15, 0.2) is 47.4 Å². The van der Waals surface area contributed by atoms with E-state index in [1.165, 1.54) is 12.1 Å². The van der Waals surface area contributed by atoms with Gasteiger partial charge in [-0.15, -0.1) is 0 Å². The first-order chi connectivity index (χ1) is 9.79. The normalized spacial score (nSPS) is 13.0. The average molecular weight is 329 g/mol. The van der Waals surface area contributed by atoms with Gasteiger partial charge in [-0.1, -0.05) is 29.8 Å². The van der Waals surface area contributed by atoms with Crippen molar-refractivity contribution in [1.29, 1.82) is 0 Å². The van der Waals surface area contributed by atoms with Crippen LogP contribution in [-0.2, 0) is 10.0 Å². The highest BCUT2D eigenvalue weighted by Gasteiger charge is 2.14. The molecule has 7 heteroatoms. The van der Waals surface area contributed by atoms with E-state index in [0.717, 1.165) is 11.6 Å². The van der Waals surface area contributed by atoms with Gasteiger partial charge in [0.1, 0.15) is 5.82 Å². The van der Waals surface area contributed by atoms with Crippen LogP contribution < -0.4 is 10.5 Å². The third-order valence-corrected chi connectivity index (χ3v) is 4.27. The van der Waals surface area contributed by atoms with Crippen molar-refractivity contribution in [3.8, 4) is 0 Å². The van der Waals surface area contributed by atoms with Crippen LogP contribution in [0.1, 0.15) is 18.5 Å². The van der Waals surface area contributed by atoms with E-state index in [9.17, 15) is 12.8 Å². The predicted molar refractivity (Wildman–Crippen MR) is 81.3 cm³/mol. The second-order valence-electron chi connectivity index (χ2n) is 4.57. The fourth-order valence-corrected chi connectivity index (χ4v) is 2.75. The number of halogens is 2. The fourth-order valence-electron chi connectivity index (χ4n) is 1.93. The van der Waals surface area contributed by atoms with E-state index in [1.54, 1.807) is 12.1 Å². The van der Waals surface area contributed by atoms with Gasteiger partial charge < -0.3 is 5.32 Å². The van der Waals surface area contributed by atoms with E-state index in [2.05, 4.69) is 5.32 Å². The number of hydrogen-bond donors (Lipinski definition) is 2. The highest BCUT2D eigenvalue weighted by atomic mass is 35.5. The molecule has 0 heterocycles. The van der Waals surface area contributed by atoms with Gasteiger partial charge in [-0.25, -0.2) is 17.9 Å². The molecule has 4 nitrogen and oxygen atoms in total. The summed E-state index contributed by atoms with van der Waals surface area (Å²) in [6.45, 7) is 1.83. The standard InChI is InChI=1S/C14H14ClFN2O2S/c1-9(11-4-2-3-5-12(11)15)18-14-7-6-10(8-13(14)16)21(17,19)20/h2-9,18H,1H3,(H2,17,19,20). The van der Waals surface area contributed by atoms with Crippen LogP contribution in [0.25, 0.3) is 0 Å². The minimum atomic E-state index is -3.92. The number of nitrogens with one attached hydrogen (secondary N) is 1. The molecule has 0 saturated carbocycles. The van der Waals surface area contributed by atoms with Crippen LogP contribution in [-0.4, -0.2) is 8.42 Å². The summed E-state index contributed by atoms with van der Waals surface area (Å²) in [5, 5.41) is 8.48. The molecule has 3 N–H and O–H groups in total. The van der Waals surface area contributed by atoms with Gasteiger partial charge in [0, 0.05) is 5.02 Å². The number of benzene rings is 2. The molecule has 0 bridgehead atoms. The summed E-state index contributed by atoms with van der Waals surface area (Å²) < 4.78 is 36.3. The molecule has 2 aromatic rings. The van der Waals surface area contributed by atoms with Crippen LogP contribution in [0.2, 0.25) is 5.02 Å². The monoisotopic (exact) mass is 328 g/mol. The Bertz CT molecular complexity index is 765. The Morgan fingerprint density at radius 3 is 2.48 bits per heavy atom. The molecule has 0 radical (unpaired) electrons. The van der Waals surface area contributed by atoms with E-state index < -0.39 is 15.8 Å². The van der Waals surface area contributed by atoms with E-state index in [1.807, 2.05) is 19.1 Å². The van der Waals surface area contributed by atoms with E-state index in [-0.39, 0.29) is 16.6 Å². The third-order valence-electron chi connectivity index (χ3n) is 3.01. The lowest BCUT2D eigenvalue weighted by molar-refractivity contribution is 0.592. The first kappa shape index (κ1) is 15.8. The summed E-state index contributed by atoms with van der Waals surface area (Å²) >= 11 is 6.08. The summed E-state index contributed by atoms with van der Waals surface area (Å²) in [6.07, 6.45) is 0. The molecule has 0 spiro atoms. The zero-order valence-corrected chi connectivity index (χ0v) is 12.7. The van der Waals surface area contributed by atoms with Crippen molar-refractivity contribution in [2.75, 3.05) is 5.32 Å². The minimum Gasteiger partial charge on any atom is -0.376 e. The second kappa shape index (κ2) is 6.01. The molecule has 1 atom stereocenters. The molecule has 0 saturated heterocycles. The highest BCUT2D eigenvalue weighted by Crippen LogP contribution is 2.27. The lowest BCUT2D eigenvalue weighted by Crippen LogP contribution is -2.13.